The van der Waals surface area contributed by atoms with Gasteiger partial charge in [-0.1, -0.05) is 131 Å². The molecular formula is C49H49N. The van der Waals surface area contributed by atoms with Crippen LogP contribution in [0, 0.1) is 13.8 Å². The summed E-state index contributed by atoms with van der Waals surface area (Å²) in [4.78, 5) is 0. The van der Waals surface area contributed by atoms with E-state index in [0.717, 1.165) is 29.7 Å². The van der Waals surface area contributed by atoms with Gasteiger partial charge in [0.05, 0.1) is 11.0 Å². The van der Waals surface area contributed by atoms with Gasteiger partial charge in [0.2, 0.25) is 0 Å². The zero-order valence-electron chi connectivity index (χ0n) is 30.6. The molecule has 0 saturated heterocycles. The van der Waals surface area contributed by atoms with Gasteiger partial charge in [0.25, 0.3) is 0 Å². The second kappa shape index (κ2) is 13.0. The maximum atomic E-state index is 4.44. The summed E-state index contributed by atoms with van der Waals surface area (Å²) in [5.74, 6) is 0.120. The topological polar surface area (TPSA) is 4.93 Å². The van der Waals surface area contributed by atoms with E-state index >= 15 is 0 Å². The Kier molecular flexibility index (Phi) is 8.64. The van der Waals surface area contributed by atoms with Crippen molar-refractivity contribution in [2.75, 3.05) is 0 Å². The largest absolute Gasteiger partial charge is 0.309 e. The van der Waals surface area contributed by atoms with E-state index in [2.05, 4.69) is 162 Å². The minimum absolute atomic E-state index is 0.0444. The van der Waals surface area contributed by atoms with Crippen molar-refractivity contribution < 1.29 is 0 Å². The molecule has 2 unspecified atom stereocenters. The summed E-state index contributed by atoms with van der Waals surface area (Å²) < 4.78 is 2.41. The van der Waals surface area contributed by atoms with Crippen LogP contribution in [0.3, 0.4) is 0 Å². The highest BCUT2D eigenvalue weighted by Crippen LogP contribution is 2.51. The lowest BCUT2D eigenvalue weighted by Gasteiger charge is -2.28. The van der Waals surface area contributed by atoms with Gasteiger partial charge in [-0.15, -0.1) is 0 Å². The van der Waals surface area contributed by atoms with E-state index in [0.29, 0.717) is 0 Å². The molecule has 7 rings (SSSR count). The van der Waals surface area contributed by atoms with Crippen LogP contribution in [0.1, 0.15) is 91.3 Å². The van der Waals surface area contributed by atoms with Gasteiger partial charge in [0, 0.05) is 28.3 Å². The molecule has 1 heterocycles. The minimum Gasteiger partial charge on any atom is -0.309 e. The Labute approximate surface area is 299 Å². The van der Waals surface area contributed by atoms with Crippen molar-refractivity contribution in [2.24, 2.45) is 0 Å². The van der Waals surface area contributed by atoms with Gasteiger partial charge in [-0.05, 0) is 126 Å². The second-order valence-electron chi connectivity index (χ2n) is 14.6. The Morgan fingerprint density at radius 2 is 1.36 bits per heavy atom. The average Bonchev–Trinajstić information content (AvgIpc) is 3.63. The third-order valence-electron chi connectivity index (χ3n) is 11.6. The molecule has 6 aromatic rings. The van der Waals surface area contributed by atoms with Gasteiger partial charge in [-0.3, -0.25) is 0 Å². The number of fused-ring (bicyclic) bond motifs is 6. The van der Waals surface area contributed by atoms with Crippen LogP contribution in [0.15, 0.2) is 146 Å². The maximum Gasteiger partial charge on any atom is 0.0541 e. The first kappa shape index (κ1) is 33.4. The monoisotopic (exact) mass is 651 g/mol. The predicted molar refractivity (Wildman–Crippen MR) is 217 cm³/mol. The van der Waals surface area contributed by atoms with Crippen LogP contribution < -0.4 is 0 Å². The first-order valence-corrected chi connectivity index (χ1v) is 18.2. The molecule has 1 nitrogen and oxygen atoms in total. The fourth-order valence-electron chi connectivity index (χ4n) is 8.24. The van der Waals surface area contributed by atoms with Crippen molar-refractivity contribution in [2.45, 2.75) is 71.6 Å². The van der Waals surface area contributed by atoms with Gasteiger partial charge >= 0.3 is 0 Å². The van der Waals surface area contributed by atoms with Crippen molar-refractivity contribution in [3.8, 4) is 16.8 Å². The molecule has 0 fully saturated rings. The van der Waals surface area contributed by atoms with Crippen LogP contribution in [-0.2, 0) is 5.41 Å². The quantitative estimate of drug-likeness (QED) is 0.130. The Balaban J connectivity index is 1.48. The summed E-state index contributed by atoms with van der Waals surface area (Å²) in [5.41, 5.74) is 17.7. The molecule has 0 radical (unpaired) electrons. The fourth-order valence-corrected chi connectivity index (χ4v) is 8.24. The highest BCUT2D eigenvalue weighted by atomic mass is 15.0. The van der Waals surface area contributed by atoms with Crippen molar-refractivity contribution in [1.82, 2.24) is 4.57 Å². The molecule has 0 amide bonds. The van der Waals surface area contributed by atoms with Gasteiger partial charge < -0.3 is 4.57 Å². The number of hydrogen-bond donors (Lipinski definition) is 0. The summed E-state index contributed by atoms with van der Waals surface area (Å²) in [7, 11) is 0. The van der Waals surface area contributed by atoms with Gasteiger partial charge in [0.15, 0.2) is 0 Å². The fraction of sp³-hybridized carbons (Fsp3) is 0.224. The molecule has 0 bridgehead atoms. The lowest BCUT2D eigenvalue weighted by atomic mass is 9.76. The summed E-state index contributed by atoms with van der Waals surface area (Å²) >= 11 is 0. The Morgan fingerprint density at radius 3 is 2.02 bits per heavy atom. The summed E-state index contributed by atoms with van der Waals surface area (Å²) in [6, 6.07) is 37.3. The van der Waals surface area contributed by atoms with E-state index in [4.69, 9.17) is 0 Å². The molecule has 1 heteroatoms. The molecule has 0 N–H and O–H groups in total. The second-order valence-corrected chi connectivity index (χ2v) is 14.6. The van der Waals surface area contributed by atoms with Gasteiger partial charge in [-0.2, -0.15) is 0 Å². The molecule has 2 atom stereocenters. The zero-order chi connectivity index (χ0) is 35.3. The first-order valence-electron chi connectivity index (χ1n) is 18.2. The average molecular weight is 652 g/mol. The Bertz CT molecular complexity index is 2330. The molecule has 50 heavy (non-hydrogen) atoms. The Hall–Kier alpha value is -5.14. The molecule has 1 aromatic heterocycles. The van der Waals surface area contributed by atoms with Crippen molar-refractivity contribution in [1.29, 1.82) is 0 Å². The normalized spacial score (nSPS) is 14.6. The number of rotatable bonds is 10. The predicted octanol–water partition coefficient (Wildman–Crippen LogP) is 13.6. The number of hydrogen-bond acceptors (Lipinski definition) is 0. The van der Waals surface area contributed by atoms with Crippen molar-refractivity contribution in [3.05, 3.63) is 185 Å². The number of benzene rings is 5. The van der Waals surface area contributed by atoms with Gasteiger partial charge in [0.1, 0.15) is 0 Å². The smallest absolute Gasteiger partial charge is 0.0541 e. The van der Waals surface area contributed by atoms with E-state index in [1.165, 1.54) is 71.9 Å². The molecule has 0 saturated carbocycles. The molecule has 0 aliphatic heterocycles. The molecule has 250 valence electrons. The Morgan fingerprint density at radius 1 is 0.740 bits per heavy atom. The summed E-state index contributed by atoms with van der Waals surface area (Å²) in [6.07, 6.45) is 8.25. The van der Waals surface area contributed by atoms with E-state index in [-0.39, 0.29) is 17.3 Å². The highest BCUT2D eigenvalue weighted by molar-refractivity contribution is 6.10. The van der Waals surface area contributed by atoms with Gasteiger partial charge in [-0.25, -0.2) is 0 Å². The van der Waals surface area contributed by atoms with Crippen LogP contribution in [0.5, 0.6) is 0 Å². The standard InChI is InChI=1S/C49H49N/c1-10-14-34(8)47(33(7)11-2)35-18-25-45-43(28-35)44-29-36(19-26-46(44)50(45)38-21-15-31(5)16-22-38)48-39-23-17-32(6)27-41(39)42-30-37(20-24-40(42)48)49(9,12-3)13-4/h10-11,14-30,47-48H,2,7-8,12-13H2,1,3-6,9H3/b14-10-. The highest BCUT2D eigenvalue weighted by Gasteiger charge is 2.33. The summed E-state index contributed by atoms with van der Waals surface area (Å²) in [5, 5.41) is 2.48. The minimum atomic E-state index is -0.0444. The van der Waals surface area contributed by atoms with Crippen LogP contribution >= 0.6 is 0 Å². The van der Waals surface area contributed by atoms with Crippen LogP contribution in [-0.4, -0.2) is 4.57 Å². The third-order valence-corrected chi connectivity index (χ3v) is 11.6. The number of aromatic nitrogens is 1. The molecular weight excluding hydrogens is 603 g/mol. The SMILES string of the molecule is C=CC(=C)C(C(=C)/C=C\C)c1ccc2c(c1)c1cc(C3c4ccc(C)cc4-c4cc(C(C)(CC)CC)ccc43)ccc1n2-c1ccc(C)cc1. The van der Waals surface area contributed by atoms with E-state index in [1.54, 1.807) is 0 Å². The molecule has 5 aromatic carbocycles. The van der Waals surface area contributed by atoms with E-state index in [1.807, 2.05) is 19.1 Å². The van der Waals surface area contributed by atoms with Crippen LogP contribution in [0.25, 0.3) is 38.6 Å². The first-order chi connectivity index (χ1) is 24.1. The molecule has 1 aliphatic rings. The molecule has 0 spiro atoms. The third kappa shape index (κ3) is 5.41. The number of nitrogens with zero attached hydrogens (tertiary/aromatic N) is 1. The van der Waals surface area contributed by atoms with Crippen molar-refractivity contribution >= 4 is 21.8 Å². The lowest BCUT2D eigenvalue weighted by Crippen LogP contribution is -2.19. The maximum absolute atomic E-state index is 4.44. The van der Waals surface area contributed by atoms with E-state index in [9.17, 15) is 0 Å². The van der Waals surface area contributed by atoms with Crippen LogP contribution in [0.2, 0.25) is 0 Å². The van der Waals surface area contributed by atoms with E-state index < -0.39 is 0 Å². The van der Waals surface area contributed by atoms with Crippen LogP contribution in [0.4, 0.5) is 0 Å². The zero-order valence-corrected chi connectivity index (χ0v) is 30.6. The summed E-state index contributed by atoms with van der Waals surface area (Å²) in [6.45, 7) is 26.3. The number of aryl methyl sites for hydroxylation is 2. The number of allylic oxidation sites excluding steroid dienone is 5. The molecule has 1 aliphatic carbocycles. The van der Waals surface area contributed by atoms with Crippen molar-refractivity contribution in [3.63, 3.8) is 0 Å². The lowest BCUT2D eigenvalue weighted by molar-refractivity contribution is 0.439.